The molecule has 0 aliphatic carbocycles. The van der Waals surface area contributed by atoms with Crippen LogP contribution in [0.2, 0.25) is 5.02 Å². The Bertz CT molecular complexity index is 538. The second kappa shape index (κ2) is 6.41. The number of hydrogen-bond acceptors (Lipinski definition) is 4. The maximum absolute atomic E-state index is 12.2. The Morgan fingerprint density at radius 3 is 2.40 bits per heavy atom. The third-order valence-electron chi connectivity index (χ3n) is 3.65. The molecule has 0 atom stereocenters. The number of hydrogen-bond donors (Lipinski definition) is 2. The zero-order valence-corrected chi connectivity index (χ0v) is 12.6. The molecule has 1 heterocycles. The van der Waals surface area contributed by atoms with Gasteiger partial charge in [0, 0.05) is 30.2 Å². The van der Waals surface area contributed by atoms with Crippen molar-refractivity contribution in [1.82, 2.24) is 4.72 Å². The first kappa shape index (κ1) is 15.7. The first-order valence-electron chi connectivity index (χ1n) is 6.41. The van der Waals surface area contributed by atoms with Crippen LogP contribution in [0.3, 0.4) is 0 Å². The van der Waals surface area contributed by atoms with E-state index in [0.717, 1.165) is 0 Å². The molecule has 0 saturated carbocycles. The molecule has 0 radical (unpaired) electrons. The van der Waals surface area contributed by atoms with E-state index in [9.17, 15) is 13.5 Å². The number of nitrogens with one attached hydrogen (secondary N) is 1. The van der Waals surface area contributed by atoms with Crippen molar-refractivity contribution < 1.29 is 18.3 Å². The van der Waals surface area contributed by atoms with Gasteiger partial charge in [-0.15, -0.1) is 0 Å². The summed E-state index contributed by atoms with van der Waals surface area (Å²) >= 11 is 5.74. The highest BCUT2D eigenvalue weighted by Crippen LogP contribution is 2.29. The summed E-state index contributed by atoms with van der Waals surface area (Å²) in [6.45, 7) is 1.24. The Kier molecular flexibility index (Phi) is 5.04. The first-order valence-corrected chi connectivity index (χ1v) is 8.27. The van der Waals surface area contributed by atoms with Crippen LogP contribution in [0, 0.1) is 5.41 Å². The summed E-state index contributed by atoms with van der Waals surface area (Å²) in [6.07, 6.45) is 1.29. The van der Waals surface area contributed by atoms with Crippen molar-refractivity contribution >= 4 is 21.6 Å². The van der Waals surface area contributed by atoms with E-state index >= 15 is 0 Å². The number of rotatable bonds is 5. The van der Waals surface area contributed by atoms with E-state index in [1.165, 1.54) is 24.3 Å². The first-order chi connectivity index (χ1) is 9.47. The zero-order chi connectivity index (χ0) is 14.6. The predicted octanol–water partition coefficient (Wildman–Crippen LogP) is 1.41. The molecule has 1 aliphatic rings. The molecule has 0 amide bonds. The van der Waals surface area contributed by atoms with Gasteiger partial charge in [-0.1, -0.05) is 11.6 Å². The summed E-state index contributed by atoms with van der Waals surface area (Å²) in [6, 6.07) is 5.99. The number of benzene rings is 1. The largest absolute Gasteiger partial charge is 0.396 e. The molecule has 5 nitrogen and oxygen atoms in total. The normalized spacial score (nSPS) is 18.9. The maximum atomic E-state index is 12.2. The number of ether oxygens (including phenoxy) is 1. The molecule has 1 aromatic carbocycles. The Morgan fingerprint density at radius 2 is 1.85 bits per heavy atom. The van der Waals surface area contributed by atoms with Gasteiger partial charge >= 0.3 is 0 Å². The number of aliphatic hydroxyl groups excluding tert-OH is 1. The van der Waals surface area contributed by atoms with Gasteiger partial charge in [-0.25, -0.2) is 13.1 Å². The molecule has 7 heteroatoms. The van der Waals surface area contributed by atoms with Crippen molar-refractivity contribution in [3.05, 3.63) is 29.3 Å². The topological polar surface area (TPSA) is 75.6 Å². The Balaban J connectivity index is 2.06. The van der Waals surface area contributed by atoms with Gasteiger partial charge in [-0.05, 0) is 37.1 Å². The molecular formula is C13H18ClNO4S. The van der Waals surface area contributed by atoms with E-state index in [2.05, 4.69) is 4.72 Å². The number of aliphatic hydroxyl groups is 1. The molecule has 2 rings (SSSR count). The maximum Gasteiger partial charge on any atom is 0.240 e. The molecule has 0 spiro atoms. The van der Waals surface area contributed by atoms with Crippen LogP contribution in [0.1, 0.15) is 12.8 Å². The quantitative estimate of drug-likeness (QED) is 0.860. The monoisotopic (exact) mass is 319 g/mol. The summed E-state index contributed by atoms with van der Waals surface area (Å²) in [5.41, 5.74) is -0.433. The second-order valence-electron chi connectivity index (χ2n) is 5.05. The Hall–Kier alpha value is -0.660. The van der Waals surface area contributed by atoms with Gasteiger partial charge in [0.2, 0.25) is 10.0 Å². The molecule has 1 aromatic rings. The van der Waals surface area contributed by atoms with Crippen molar-refractivity contribution in [2.45, 2.75) is 17.7 Å². The van der Waals surface area contributed by atoms with Gasteiger partial charge in [0.05, 0.1) is 11.5 Å². The lowest BCUT2D eigenvalue weighted by Gasteiger charge is -2.35. The molecule has 1 aliphatic heterocycles. The van der Waals surface area contributed by atoms with Crippen molar-refractivity contribution in [3.63, 3.8) is 0 Å². The third kappa shape index (κ3) is 3.71. The van der Waals surface area contributed by atoms with E-state index in [4.69, 9.17) is 16.3 Å². The van der Waals surface area contributed by atoms with E-state index in [0.29, 0.717) is 31.1 Å². The van der Waals surface area contributed by atoms with Crippen molar-refractivity contribution in [1.29, 1.82) is 0 Å². The predicted molar refractivity (Wildman–Crippen MR) is 76.2 cm³/mol. The van der Waals surface area contributed by atoms with E-state index in [1.807, 2.05) is 0 Å². The van der Waals surface area contributed by atoms with E-state index in [1.54, 1.807) is 0 Å². The van der Waals surface area contributed by atoms with Gasteiger partial charge in [0.1, 0.15) is 0 Å². The standard InChI is InChI=1S/C13H18ClNO4S/c14-11-1-3-12(4-2-11)20(17,18)15-9-13(10-16)5-7-19-8-6-13/h1-4,15-16H,5-10H2. The van der Waals surface area contributed by atoms with Crippen LogP contribution in [-0.2, 0) is 14.8 Å². The highest BCUT2D eigenvalue weighted by Gasteiger charge is 2.33. The lowest BCUT2D eigenvalue weighted by Crippen LogP contribution is -2.43. The minimum Gasteiger partial charge on any atom is -0.396 e. The molecule has 20 heavy (non-hydrogen) atoms. The minimum atomic E-state index is -3.59. The smallest absolute Gasteiger partial charge is 0.240 e. The second-order valence-corrected chi connectivity index (χ2v) is 7.25. The fraction of sp³-hybridized carbons (Fsp3) is 0.538. The third-order valence-corrected chi connectivity index (χ3v) is 5.32. The van der Waals surface area contributed by atoms with Gasteiger partial charge in [0.25, 0.3) is 0 Å². The van der Waals surface area contributed by atoms with Crippen LogP contribution < -0.4 is 4.72 Å². The van der Waals surface area contributed by atoms with Crippen molar-refractivity contribution in [2.75, 3.05) is 26.4 Å². The van der Waals surface area contributed by atoms with Crippen LogP contribution in [-0.4, -0.2) is 39.9 Å². The summed E-state index contributed by atoms with van der Waals surface area (Å²) in [7, 11) is -3.59. The SMILES string of the molecule is O=S(=O)(NCC1(CO)CCOCC1)c1ccc(Cl)cc1. The van der Waals surface area contributed by atoms with Gasteiger partial charge < -0.3 is 9.84 Å². The van der Waals surface area contributed by atoms with Gasteiger partial charge in [-0.2, -0.15) is 0 Å². The van der Waals surface area contributed by atoms with E-state index in [-0.39, 0.29) is 18.0 Å². The lowest BCUT2D eigenvalue weighted by atomic mass is 9.81. The average molecular weight is 320 g/mol. The molecule has 112 valence electrons. The van der Waals surface area contributed by atoms with Crippen molar-refractivity contribution in [3.8, 4) is 0 Å². The van der Waals surface area contributed by atoms with Crippen LogP contribution in [0.4, 0.5) is 0 Å². The highest BCUT2D eigenvalue weighted by molar-refractivity contribution is 7.89. The molecule has 0 unspecified atom stereocenters. The summed E-state index contributed by atoms with van der Waals surface area (Å²) in [5.74, 6) is 0. The molecule has 0 aromatic heterocycles. The van der Waals surface area contributed by atoms with E-state index < -0.39 is 15.4 Å². The van der Waals surface area contributed by atoms with Gasteiger partial charge in [-0.3, -0.25) is 0 Å². The summed E-state index contributed by atoms with van der Waals surface area (Å²) in [4.78, 5) is 0.169. The molecule has 1 fully saturated rings. The van der Waals surface area contributed by atoms with Crippen LogP contribution in [0.5, 0.6) is 0 Å². The molecular weight excluding hydrogens is 302 g/mol. The fourth-order valence-corrected chi connectivity index (χ4v) is 3.42. The average Bonchev–Trinajstić information content (AvgIpc) is 2.47. The number of halogens is 1. The summed E-state index contributed by atoms with van der Waals surface area (Å²) in [5, 5.41) is 10.0. The lowest BCUT2D eigenvalue weighted by molar-refractivity contribution is -0.0126. The fourth-order valence-electron chi connectivity index (χ4n) is 2.14. The molecule has 1 saturated heterocycles. The Morgan fingerprint density at radius 1 is 1.25 bits per heavy atom. The Labute approximate surface area is 124 Å². The molecule has 0 bridgehead atoms. The highest BCUT2D eigenvalue weighted by atomic mass is 35.5. The zero-order valence-electron chi connectivity index (χ0n) is 11.0. The van der Waals surface area contributed by atoms with Gasteiger partial charge in [0.15, 0.2) is 0 Å². The van der Waals surface area contributed by atoms with Crippen LogP contribution in [0.25, 0.3) is 0 Å². The summed E-state index contributed by atoms with van der Waals surface area (Å²) < 4.78 is 32.2. The van der Waals surface area contributed by atoms with Crippen molar-refractivity contribution in [2.24, 2.45) is 5.41 Å². The molecule has 2 N–H and O–H groups in total. The minimum absolute atomic E-state index is 0.0561. The van der Waals surface area contributed by atoms with Crippen LogP contribution in [0.15, 0.2) is 29.2 Å². The van der Waals surface area contributed by atoms with Crippen LogP contribution >= 0.6 is 11.6 Å². The number of sulfonamides is 1.